The average molecular weight is 566 g/mol. The number of hydrogen-bond acceptors (Lipinski definition) is 6. The number of anilines is 1. The molecule has 0 aliphatic rings. The van der Waals surface area contributed by atoms with Gasteiger partial charge in [0, 0.05) is 29.4 Å². The van der Waals surface area contributed by atoms with Gasteiger partial charge in [-0.1, -0.05) is 0 Å². The summed E-state index contributed by atoms with van der Waals surface area (Å²) in [5.41, 5.74) is 7.71. The third kappa shape index (κ3) is 4.45. The van der Waals surface area contributed by atoms with Crippen LogP contribution < -0.4 is 11.1 Å². The van der Waals surface area contributed by atoms with Crippen molar-refractivity contribution in [2.45, 2.75) is 46.7 Å². The molecule has 184 valence electrons. The lowest BCUT2D eigenvalue weighted by atomic mass is 10.0. The molecule has 0 bridgehead atoms. The number of carbonyl (C=O) groups excluding carboxylic acids is 2. The van der Waals surface area contributed by atoms with Gasteiger partial charge < -0.3 is 11.1 Å². The summed E-state index contributed by atoms with van der Waals surface area (Å²) in [6.07, 6.45) is 0.409. The summed E-state index contributed by atoms with van der Waals surface area (Å²) in [5, 5.41) is 11.8. The minimum absolute atomic E-state index is 0.0130. The number of nitrogens with one attached hydrogen (secondary N) is 1. The van der Waals surface area contributed by atoms with Gasteiger partial charge in [0.1, 0.15) is 21.4 Å². The Morgan fingerprint density at radius 1 is 1.29 bits per heavy atom. The van der Waals surface area contributed by atoms with E-state index in [9.17, 15) is 18.4 Å². The minimum Gasteiger partial charge on any atom is -0.365 e. The fourth-order valence-corrected chi connectivity index (χ4v) is 5.07. The number of amides is 2. The summed E-state index contributed by atoms with van der Waals surface area (Å²) in [7, 11) is 0. The molecule has 0 saturated heterocycles. The zero-order valence-corrected chi connectivity index (χ0v) is 21.7. The summed E-state index contributed by atoms with van der Waals surface area (Å²) >= 11 is 4.23. The molecule has 1 unspecified atom stereocenters. The quantitative estimate of drug-likeness (QED) is 0.327. The van der Waals surface area contributed by atoms with Gasteiger partial charge in [-0.15, -0.1) is 11.3 Å². The van der Waals surface area contributed by atoms with Crippen molar-refractivity contribution in [2.24, 2.45) is 5.73 Å². The van der Waals surface area contributed by atoms with Gasteiger partial charge in [0.05, 0.1) is 22.1 Å². The van der Waals surface area contributed by atoms with Crippen LogP contribution in [0.3, 0.4) is 0 Å². The van der Waals surface area contributed by atoms with Gasteiger partial charge >= 0.3 is 0 Å². The molecule has 0 saturated carbocycles. The molecular formula is C22H22BrF2N7O2S. The number of nitrogens with zero attached hydrogens (tertiary/aromatic N) is 5. The Balaban J connectivity index is 1.91. The number of primary amides is 1. The highest BCUT2D eigenvalue weighted by Gasteiger charge is 2.28. The summed E-state index contributed by atoms with van der Waals surface area (Å²) in [4.78, 5) is 29.7. The number of alkyl halides is 2. The van der Waals surface area contributed by atoms with Crippen LogP contribution in [-0.4, -0.2) is 36.4 Å². The van der Waals surface area contributed by atoms with Gasteiger partial charge in [0.25, 0.3) is 12.3 Å². The highest BCUT2D eigenvalue weighted by atomic mass is 79.9. The third-order valence-electron chi connectivity index (χ3n) is 5.70. The molecule has 0 aromatic carbocycles. The van der Waals surface area contributed by atoms with E-state index in [1.54, 1.807) is 30.9 Å². The van der Waals surface area contributed by atoms with E-state index in [1.807, 2.05) is 13.8 Å². The molecule has 0 aliphatic carbocycles. The second-order valence-electron chi connectivity index (χ2n) is 7.91. The first kappa shape index (κ1) is 24.9. The van der Waals surface area contributed by atoms with Crippen LogP contribution in [0.1, 0.15) is 53.1 Å². The van der Waals surface area contributed by atoms with Gasteiger partial charge in [-0.3, -0.25) is 19.0 Å². The van der Waals surface area contributed by atoms with Gasteiger partial charge in [-0.25, -0.2) is 13.8 Å². The summed E-state index contributed by atoms with van der Waals surface area (Å²) in [6, 6.07) is 0.527. The third-order valence-corrected chi connectivity index (χ3v) is 7.58. The van der Waals surface area contributed by atoms with Gasteiger partial charge in [0.2, 0.25) is 5.91 Å². The van der Waals surface area contributed by atoms with Crippen LogP contribution in [0.2, 0.25) is 0 Å². The first-order valence-electron chi connectivity index (χ1n) is 10.6. The number of aromatic nitrogens is 5. The van der Waals surface area contributed by atoms with Crippen molar-refractivity contribution in [2.75, 3.05) is 5.32 Å². The molecule has 9 nitrogen and oxygen atoms in total. The van der Waals surface area contributed by atoms with E-state index in [0.29, 0.717) is 28.8 Å². The first-order valence-corrected chi connectivity index (χ1v) is 12.2. The van der Waals surface area contributed by atoms with E-state index < -0.39 is 30.0 Å². The van der Waals surface area contributed by atoms with E-state index >= 15 is 0 Å². The molecule has 0 spiro atoms. The SMILES string of the molecule is CCn1ncc(-c2cc(C(F)F)nc3sc(C(N)=O)c(NC(=O)C(C)n4cc(Br)c(C)n4)c23)c1C. The Kier molecular flexibility index (Phi) is 6.73. The van der Waals surface area contributed by atoms with Crippen LogP contribution in [0.5, 0.6) is 0 Å². The summed E-state index contributed by atoms with van der Waals surface area (Å²) < 4.78 is 31.4. The number of pyridine rings is 1. The summed E-state index contributed by atoms with van der Waals surface area (Å²) in [6.45, 7) is 7.75. The number of halogens is 3. The molecule has 0 aliphatic heterocycles. The number of hydrogen-bond donors (Lipinski definition) is 2. The summed E-state index contributed by atoms with van der Waals surface area (Å²) in [5.74, 6) is -1.27. The number of fused-ring (bicyclic) bond motifs is 1. The van der Waals surface area contributed by atoms with Crippen LogP contribution in [0.4, 0.5) is 14.5 Å². The normalized spacial score (nSPS) is 12.5. The van der Waals surface area contributed by atoms with Crippen LogP contribution in [0, 0.1) is 13.8 Å². The monoisotopic (exact) mass is 565 g/mol. The Bertz CT molecular complexity index is 1440. The number of carbonyl (C=O) groups is 2. The molecule has 4 aromatic heterocycles. The predicted octanol–water partition coefficient (Wildman–Crippen LogP) is 4.99. The first-order chi connectivity index (χ1) is 16.5. The van der Waals surface area contributed by atoms with Crippen molar-refractivity contribution in [1.82, 2.24) is 24.5 Å². The van der Waals surface area contributed by atoms with E-state index in [-0.39, 0.29) is 15.4 Å². The van der Waals surface area contributed by atoms with Crippen molar-refractivity contribution in [3.8, 4) is 11.1 Å². The van der Waals surface area contributed by atoms with Crippen molar-refractivity contribution in [3.05, 3.63) is 44.9 Å². The van der Waals surface area contributed by atoms with E-state index in [4.69, 9.17) is 5.73 Å². The number of nitrogens with two attached hydrogens (primary N) is 1. The van der Waals surface area contributed by atoms with Crippen molar-refractivity contribution in [1.29, 1.82) is 0 Å². The number of thiophene rings is 1. The highest BCUT2D eigenvalue weighted by Crippen LogP contribution is 2.43. The smallest absolute Gasteiger partial charge is 0.280 e. The molecule has 1 atom stereocenters. The molecule has 4 aromatic rings. The van der Waals surface area contributed by atoms with Crippen LogP contribution >= 0.6 is 27.3 Å². The molecule has 4 heterocycles. The minimum atomic E-state index is -2.83. The van der Waals surface area contributed by atoms with Crippen LogP contribution in [0.25, 0.3) is 21.3 Å². The van der Waals surface area contributed by atoms with Gasteiger partial charge in [-0.2, -0.15) is 10.2 Å². The second-order valence-corrected chi connectivity index (χ2v) is 9.77. The maximum Gasteiger partial charge on any atom is 0.280 e. The highest BCUT2D eigenvalue weighted by molar-refractivity contribution is 9.10. The Morgan fingerprint density at radius 2 is 2.00 bits per heavy atom. The Morgan fingerprint density at radius 3 is 2.54 bits per heavy atom. The molecule has 3 N–H and O–H groups in total. The van der Waals surface area contributed by atoms with Crippen molar-refractivity contribution >= 4 is 55.0 Å². The molecular weight excluding hydrogens is 544 g/mol. The fourth-order valence-electron chi connectivity index (χ4n) is 3.77. The van der Waals surface area contributed by atoms with E-state index in [0.717, 1.165) is 21.5 Å². The van der Waals surface area contributed by atoms with E-state index in [2.05, 4.69) is 36.4 Å². The molecule has 2 amide bonds. The van der Waals surface area contributed by atoms with Crippen LogP contribution in [0.15, 0.2) is 22.9 Å². The second kappa shape index (κ2) is 9.46. The zero-order valence-electron chi connectivity index (χ0n) is 19.3. The van der Waals surface area contributed by atoms with Crippen molar-refractivity contribution in [3.63, 3.8) is 0 Å². The fraction of sp³-hybridized carbons (Fsp3) is 0.318. The van der Waals surface area contributed by atoms with Crippen molar-refractivity contribution < 1.29 is 18.4 Å². The topological polar surface area (TPSA) is 121 Å². The Hall–Kier alpha value is -3.19. The lowest BCUT2D eigenvalue weighted by Crippen LogP contribution is -2.25. The lowest BCUT2D eigenvalue weighted by Gasteiger charge is -2.14. The molecule has 0 radical (unpaired) electrons. The molecule has 35 heavy (non-hydrogen) atoms. The van der Waals surface area contributed by atoms with E-state index in [1.165, 1.54) is 10.7 Å². The number of rotatable bonds is 7. The zero-order chi connectivity index (χ0) is 25.6. The maximum absolute atomic E-state index is 13.7. The Labute approximate surface area is 211 Å². The average Bonchev–Trinajstić information content (AvgIpc) is 3.47. The molecule has 13 heteroatoms. The molecule has 0 fully saturated rings. The standard InChI is InChI=1S/C22H22BrF2N7O2S/c1-5-31-10(3)13(7-27-31)12-6-15(19(24)25)28-22-16(12)17(18(35-22)20(26)33)29-21(34)11(4)32-8-14(23)9(2)30-32/h6-8,11,19H,5H2,1-4H3,(H2,26,33)(H,29,34). The van der Waals surface area contributed by atoms with Crippen LogP contribution in [-0.2, 0) is 11.3 Å². The largest absolute Gasteiger partial charge is 0.365 e. The van der Waals surface area contributed by atoms with Gasteiger partial charge in [0.15, 0.2) is 0 Å². The maximum atomic E-state index is 13.7. The molecule has 4 rings (SSSR count). The predicted molar refractivity (Wildman–Crippen MR) is 133 cm³/mol. The lowest BCUT2D eigenvalue weighted by molar-refractivity contribution is -0.119. The van der Waals surface area contributed by atoms with Gasteiger partial charge in [-0.05, 0) is 55.3 Å². The number of aryl methyl sites for hydroxylation is 2.